The molecule has 3 aliphatic heterocycles. The van der Waals surface area contributed by atoms with E-state index in [0.717, 1.165) is 39.1 Å². The van der Waals surface area contributed by atoms with E-state index in [-0.39, 0.29) is 67.5 Å². The van der Waals surface area contributed by atoms with E-state index in [2.05, 4.69) is 61.9 Å². The van der Waals surface area contributed by atoms with Gasteiger partial charge < -0.3 is 28.6 Å². The van der Waals surface area contributed by atoms with E-state index >= 15 is 0 Å². The van der Waals surface area contributed by atoms with Gasteiger partial charge in [-0.25, -0.2) is 9.97 Å². The first-order chi connectivity index (χ1) is 30.9. The molecule has 2 saturated heterocycles. The third kappa shape index (κ3) is 8.07. The van der Waals surface area contributed by atoms with Gasteiger partial charge in [-0.15, -0.1) is 0 Å². The summed E-state index contributed by atoms with van der Waals surface area (Å²) in [4.78, 5) is 53.0. The number of rotatable bonds is 9. The molecule has 16 heteroatoms. The monoisotopic (exact) mass is 869 g/mol. The number of aromatic nitrogens is 4. The Balaban J connectivity index is 0.701. The van der Waals surface area contributed by atoms with Crippen molar-refractivity contribution in [2.45, 2.75) is 75.6 Å². The summed E-state index contributed by atoms with van der Waals surface area (Å²) < 4.78 is 63.0. The maximum atomic E-state index is 14.2. The number of anilines is 1. The molecule has 2 aromatic carbocycles. The maximum Gasteiger partial charge on any atom is 0.419 e. The van der Waals surface area contributed by atoms with Crippen LogP contribution < -0.4 is 19.7 Å². The zero-order chi connectivity index (χ0) is 44.1. The Bertz CT molecular complexity index is 2880. The number of carbonyl (C=O) groups excluding carboxylic acids is 3. The zero-order valence-corrected chi connectivity index (χ0v) is 34.7. The van der Waals surface area contributed by atoms with Crippen LogP contribution in [0.4, 0.5) is 18.9 Å². The van der Waals surface area contributed by atoms with Crippen molar-refractivity contribution in [2.75, 3.05) is 24.6 Å². The fourth-order valence-electron chi connectivity index (χ4n) is 9.13. The molecule has 7 heterocycles. The minimum Gasteiger partial charge on any atom is -0.481 e. The number of nitrogens with one attached hydrogen (secondary N) is 1. The van der Waals surface area contributed by atoms with E-state index in [0.29, 0.717) is 61.5 Å². The van der Waals surface area contributed by atoms with Crippen LogP contribution in [0.1, 0.15) is 65.7 Å². The number of aryl methyl sites for hydroxylation is 1. The van der Waals surface area contributed by atoms with Crippen LogP contribution in [-0.4, -0.2) is 86.2 Å². The van der Waals surface area contributed by atoms with Crippen LogP contribution >= 0.6 is 0 Å². The second-order valence-electron chi connectivity index (χ2n) is 16.6. The molecule has 1 saturated carbocycles. The van der Waals surface area contributed by atoms with Gasteiger partial charge in [-0.05, 0) is 78.8 Å². The fourth-order valence-corrected chi connectivity index (χ4v) is 9.13. The van der Waals surface area contributed by atoms with Gasteiger partial charge in [0, 0.05) is 104 Å². The molecular weight excluding hydrogens is 828 g/mol. The third-order valence-corrected chi connectivity index (χ3v) is 12.6. The highest BCUT2D eigenvalue weighted by atomic mass is 19.4. The minimum absolute atomic E-state index is 0.00568. The predicted octanol–water partition coefficient (Wildman–Crippen LogP) is 6.99. The van der Waals surface area contributed by atoms with E-state index in [1.807, 2.05) is 30.6 Å². The molecule has 1 N–H and O–H groups in total. The van der Waals surface area contributed by atoms with Gasteiger partial charge in [0.2, 0.25) is 17.7 Å². The van der Waals surface area contributed by atoms with Gasteiger partial charge >= 0.3 is 6.18 Å². The molecule has 1 unspecified atom stereocenters. The van der Waals surface area contributed by atoms with Crippen molar-refractivity contribution in [1.82, 2.24) is 29.7 Å². The van der Waals surface area contributed by atoms with Gasteiger partial charge in [-0.3, -0.25) is 24.7 Å². The van der Waals surface area contributed by atoms with Crippen LogP contribution in [0.25, 0.3) is 32.9 Å². The summed E-state index contributed by atoms with van der Waals surface area (Å²) in [6.45, 7) is 0.871. The molecule has 4 aliphatic rings. The lowest BCUT2D eigenvalue weighted by atomic mass is 9.91. The highest BCUT2D eigenvalue weighted by Crippen LogP contribution is 2.39. The molecule has 0 spiro atoms. The van der Waals surface area contributed by atoms with Gasteiger partial charge in [0.1, 0.15) is 30.2 Å². The van der Waals surface area contributed by atoms with Crippen LogP contribution in [0.3, 0.4) is 0 Å². The van der Waals surface area contributed by atoms with Crippen molar-refractivity contribution < 1.29 is 41.8 Å². The SMILES string of the molecule is Cn1c2ccncc2c2ccc(-c3ccc(O[C@H]4C[C@H](OC5CCN(c6cc(C#CCOc7ccc8c(c7)CN(C7CCC(=O)NC7=O)C8=O)ncc6C(F)(F)F)CC5)C4)nc3)cc21. The number of amides is 3. The number of alkyl halides is 3. The molecule has 326 valence electrons. The van der Waals surface area contributed by atoms with E-state index in [1.165, 1.54) is 11.0 Å². The third-order valence-electron chi connectivity index (χ3n) is 12.6. The van der Waals surface area contributed by atoms with Gasteiger partial charge in [-0.2, -0.15) is 13.2 Å². The van der Waals surface area contributed by atoms with Crippen molar-refractivity contribution in [2.24, 2.45) is 7.05 Å². The summed E-state index contributed by atoms with van der Waals surface area (Å²) in [7, 11) is 2.05. The predicted molar refractivity (Wildman–Crippen MR) is 229 cm³/mol. The van der Waals surface area contributed by atoms with Gasteiger partial charge in [0.25, 0.3) is 5.91 Å². The minimum atomic E-state index is -4.60. The van der Waals surface area contributed by atoms with Crippen molar-refractivity contribution in [3.63, 3.8) is 0 Å². The lowest BCUT2D eigenvalue weighted by molar-refractivity contribution is -0.138. The maximum absolute atomic E-state index is 14.2. The molecule has 3 fully saturated rings. The van der Waals surface area contributed by atoms with Crippen LogP contribution in [0.2, 0.25) is 0 Å². The van der Waals surface area contributed by atoms with E-state index in [1.54, 1.807) is 29.3 Å². The Hall–Kier alpha value is -6.99. The first-order valence-corrected chi connectivity index (χ1v) is 21.3. The summed E-state index contributed by atoms with van der Waals surface area (Å²) in [6.07, 6.45) is 4.61. The first-order valence-electron chi connectivity index (χ1n) is 21.3. The van der Waals surface area contributed by atoms with E-state index in [4.69, 9.17) is 14.2 Å². The van der Waals surface area contributed by atoms with Crippen LogP contribution in [0.5, 0.6) is 11.6 Å². The zero-order valence-electron chi connectivity index (χ0n) is 34.7. The Kier molecular flexibility index (Phi) is 10.7. The molecule has 0 bridgehead atoms. The molecule has 0 radical (unpaired) electrons. The Morgan fingerprint density at radius 1 is 0.844 bits per heavy atom. The number of piperidine rings is 2. The molecular formula is C48H42F3N7O6. The molecule has 13 nitrogen and oxygen atoms in total. The molecule has 4 aromatic heterocycles. The van der Waals surface area contributed by atoms with Crippen molar-refractivity contribution in [3.05, 3.63) is 108 Å². The second kappa shape index (κ2) is 16.6. The van der Waals surface area contributed by atoms with E-state index < -0.39 is 23.7 Å². The average molecular weight is 870 g/mol. The Labute approximate surface area is 365 Å². The van der Waals surface area contributed by atoms with Gasteiger partial charge in [-0.1, -0.05) is 18.1 Å². The molecule has 3 amide bonds. The number of hydrogen-bond donors (Lipinski definition) is 1. The lowest BCUT2D eigenvalue weighted by Gasteiger charge is -2.40. The molecule has 1 aliphatic carbocycles. The summed E-state index contributed by atoms with van der Waals surface area (Å²) >= 11 is 0. The highest BCUT2D eigenvalue weighted by Gasteiger charge is 2.40. The van der Waals surface area contributed by atoms with Crippen molar-refractivity contribution >= 4 is 45.2 Å². The summed E-state index contributed by atoms with van der Waals surface area (Å²) in [6, 6.07) is 17.9. The number of fused-ring (bicyclic) bond motifs is 4. The summed E-state index contributed by atoms with van der Waals surface area (Å²) in [5.74, 6) is 5.50. The molecule has 6 aromatic rings. The fraction of sp³-hybridized carbons (Fsp3) is 0.333. The molecule has 1 atom stereocenters. The first kappa shape index (κ1) is 41.0. The van der Waals surface area contributed by atoms with Crippen LogP contribution in [0, 0.1) is 11.8 Å². The number of pyridine rings is 3. The Morgan fingerprint density at radius 2 is 1.67 bits per heavy atom. The van der Waals surface area contributed by atoms with Gasteiger partial charge in [0.05, 0.1) is 29.0 Å². The number of halogens is 3. The van der Waals surface area contributed by atoms with Crippen molar-refractivity contribution in [3.8, 4) is 34.6 Å². The number of benzene rings is 2. The summed E-state index contributed by atoms with van der Waals surface area (Å²) in [5, 5.41) is 4.56. The number of nitrogens with zero attached hydrogens (tertiary/aromatic N) is 6. The molecule has 10 rings (SSSR count). The van der Waals surface area contributed by atoms with E-state index in [9.17, 15) is 27.6 Å². The topological polar surface area (TPSA) is 141 Å². The number of hydrogen-bond acceptors (Lipinski definition) is 10. The van der Waals surface area contributed by atoms with Crippen LogP contribution in [-0.2, 0) is 34.1 Å². The summed E-state index contributed by atoms with van der Waals surface area (Å²) in [5.41, 5.74) is 4.79. The molecule has 64 heavy (non-hydrogen) atoms. The normalized spacial score (nSPS) is 20.2. The smallest absolute Gasteiger partial charge is 0.419 e. The average Bonchev–Trinajstić information content (AvgIpc) is 3.76. The number of imide groups is 1. The van der Waals surface area contributed by atoms with Crippen LogP contribution in [0.15, 0.2) is 85.5 Å². The number of ether oxygens (including phenoxy) is 3. The number of carbonyl (C=O) groups is 3. The Morgan fingerprint density at radius 3 is 2.45 bits per heavy atom. The van der Waals surface area contributed by atoms with Gasteiger partial charge in [0.15, 0.2) is 0 Å². The standard InChI is InChI=1S/C48H42F3N7O6/c1-56-40-12-15-52-25-38(40)37-7-4-28(20-42(37)56)29-5-11-45(54-24-29)64-35-22-34(23-35)63-32-13-16-57(17-14-32)43-21-31(53-26-39(43)48(49,50)51)3-2-18-62-33-6-8-36-30(19-33)27-58(47(36)61)41-9-10-44(59)55-46(41)60/h4-8,11-12,15,19-21,24-26,32,34-35,41H,9-10,13-14,16-18,22-23,27H2,1H3,(H,55,59,60)/t34-,35-,41?. The lowest BCUT2D eigenvalue weighted by Crippen LogP contribution is -2.52. The highest BCUT2D eigenvalue weighted by molar-refractivity contribution is 6.08. The largest absolute Gasteiger partial charge is 0.481 e. The quantitative estimate of drug-likeness (QED) is 0.120. The van der Waals surface area contributed by atoms with Crippen molar-refractivity contribution in [1.29, 1.82) is 0 Å². The second-order valence-corrected chi connectivity index (χ2v) is 16.6.